The summed E-state index contributed by atoms with van der Waals surface area (Å²) in [7, 11) is 1.59. The van der Waals surface area contributed by atoms with Crippen LogP contribution in [0.25, 0.3) is 0 Å². The van der Waals surface area contributed by atoms with E-state index in [1.54, 1.807) is 55.6 Å². The molecule has 7 heteroatoms. The van der Waals surface area contributed by atoms with Gasteiger partial charge in [0.1, 0.15) is 24.7 Å². The number of carbonyl (C=O) groups excluding carboxylic acids is 2. The smallest absolute Gasteiger partial charge is 0.338 e. The molecule has 0 aliphatic heterocycles. The monoisotopic (exact) mass is 344 g/mol. The maximum atomic E-state index is 11.9. The molecule has 2 aromatic rings. The molecule has 0 bridgehead atoms. The second kappa shape index (κ2) is 9.17. The fourth-order valence-corrected chi connectivity index (χ4v) is 2.00. The van der Waals surface area contributed by atoms with Gasteiger partial charge in [0, 0.05) is 6.54 Å². The Bertz CT molecular complexity index is 698. The number of urea groups is 1. The minimum Gasteiger partial charge on any atom is -0.497 e. The molecule has 25 heavy (non-hydrogen) atoms. The van der Waals surface area contributed by atoms with Crippen LogP contribution < -0.4 is 20.5 Å². The van der Waals surface area contributed by atoms with Crippen molar-refractivity contribution in [2.45, 2.75) is 6.54 Å². The molecule has 0 aliphatic carbocycles. The Morgan fingerprint density at radius 1 is 0.960 bits per heavy atom. The minimum atomic E-state index is -0.597. The Morgan fingerprint density at radius 2 is 1.60 bits per heavy atom. The first-order chi connectivity index (χ1) is 12.1. The van der Waals surface area contributed by atoms with E-state index in [1.165, 1.54) is 0 Å². The number of hydrogen-bond donors (Lipinski definition) is 2. The van der Waals surface area contributed by atoms with Gasteiger partial charge in [-0.15, -0.1) is 0 Å². The number of esters is 1. The zero-order valence-electron chi connectivity index (χ0n) is 13.9. The van der Waals surface area contributed by atoms with Crippen molar-refractivity contribution in [3.8, 4) is 11.5 Å². The number of amides is 2. The highest BCUT2D eigenvalue weighted by atomic mass is 16.6. The van der Waals surface area contributed by atoms with Crippen LogP contribution in [0.2, 0.25) is 0 Å². The summed E-state index contributed by atoms with van der Waals surface area (Å²) in [6, 6.07) is 13.2. The molecule has 7 nitrogen and oxygen atoms in total. The van der Waals surface area contributed by atoms with E-state index in [9.17, 15) is 9.59 Å². The van der Waals surface area contributed by atoms with Crippen molar-refractivity contribution in [1.82, 2.24) is 5.32 Å². The van der Waals surface area contributed by atoms with Crippen molar-refractivity contribution >= 4 is 12.0 Å². The van der Waals surface area contributed by atoms with Crippen molar-refractivity contribution in [2.24, 2.45) is 5.73 Å². The molecular weight excluding hydrogens is 324 g/mol. The number of rotatable bonds is 8. The maximum Gasteiger partial charge on any atom is 0.338 e. The number of ether oxygens (including phenoxy) is 3. The molecule has 0 saturated heterocycles. The molecular formula is C18H20N2O5. The van der Waals surface area contributed by atoms with Crippen molar-refractivity contribution in [3.05, 3.63) is 59.7 Å². The van der Waals surface area contributed by atoms with Crippen LogP contribution in [0.3, 0.4) is 0 Å². The van der Waals surface area contributed by atoms with Crippen LogP contribution in [0.1, 0.15) is 15.9 Å². The molecule has 0 unspecified atom stereocenters. The lowest BCUT2D eigenvalue weighted by molar-refractivity contribution is 0.0450. The van der Waals surface area contributed by atoms with Gasteiger partial charge in [-0.25, -0.2) is 9.59 Å². The van der Waals surface area contributed by atoms with Gasteiger partial charge < -0.3 is 25.3 Å². The summed E-state index contributed by atoms with van der Waals surface area (Å²) in [5.41, 5.74) is 6.26. The first kappa shape index (κ1) is 18.1. The lowest BCUT2D eigenvalue weighted by atomic mass is 10.1. The number of primary amides is 1. The molecule has 0 aliphatic rings. The van der Waals surface area contributed by atoms with E-state index in [2.05, 4.69) is 5.32 Å². The summed E-state index contributed by atoms with van der Waals surface area (Å²) >= 11 is 0. The molecule has 2 aromatic carbocycles. The lowest BCUT2D eigenvalue weighted by Crippen LogP contribution is -2.28. The molecule has 2 amide bonds. The van der Waals surface area contributed by atoms with E-state index in [4.69, 9.17) is 19.9 Å². The van der Waals surface area contributed by atoms with Gasteiger partial charge in [-0.2, -0.15) is 0 Å². The Balaban J connectivity index is 1.73. The Hall–Kier alpha value is -3.22. The molecule has 2 rings (SSSR count). The third kappa shape index (κ3) is 6.06. The zero-order valence-corrected chi connectivity index (χ0v) is 13.9. The van der Waals surface area contributed by atoms with Gasteiger partial charge in [-0.3, -0.25) is 0 Å². The second-order valence-corrected chi connectivity index (χ2v) is 5.07. The third-order valence-corrected chi connectivity index (χ3v) is 3.30. The lowest BCUT2D eigenvalue weighted by Gasteiger charge is -2.08. The first-order valence-electron chi connectivity index (χ1n) is 7.64. The van der Waals surface area contributed by atoms with Gasteiger partial charge >= 0.3 is 12.0 Å². The largest absolute Gasteiger partial charge is 0.497 e. The van der Waals surface area contributed by atoms with E-state index in [-0.39, 0.29) is 13.2 Å². The highest BCUT2D eigenvalue weighted by Crippen LogP contribution is 2.16. The molecule has 0 spiro atoms. The normalized spacial score (nSPS) is 9.96. The number of methoxy groups -OCH3 is 1. The summed E-state index contributed by atoms with van der Waals surface area (Å²) in [4.78, 5) is 22.6. The summed E-state index contributed by atoms with van der Waals surface area (Å²) in [6.07, 6.45) is 0. The number of nitrogens with one attached hydrogen (secondary N) is 1. The predicted molar refractivity (Wildman–Crippen MR) is 91.6 cm³/mol. The molecule has 0 heterocycles. The van der Waals surface area contributed by atoms with Crippen LogP contribution >= 0.6 is 0 Å². The van der Waals surface area contributed by atoms with E-state index in [0.717, 1.165) is 11.3 Å². The van der Waals surface area contributed by atoms with Crippen LogP contribution in [0.5, 0.6) is 11.5 Å². The van der Waals surface area contributed by atoms with Crippen molar-refractivity contribution in [1.29, 1.82) is 0 Å². The van der Waals surface area contributed by atoms with E-state index >= 15 is 0 Å². The molecule has 132 valence electrons. The SMILES string of the molecule is COc1ccc(OCCOC(=O)c2ccc(CNC(N)=O)cc2)cc1. The summed E-state index contributed by atoms with van der Waals surface area (Å²) in [5, 5.41) is 2.47. The topological polar surface area (TPSA) is 99.9 Å². The average Bonchev–Trinajstić information content (AvgIpc) is 2.64. The quantitative estimate of drug-likeness (QED) is 0.564. The Labute approximate surface area is 145 Å². The molecule has 0 atom stereocenters. The number of carbonyl (C=O) groups is 2. The Kier molecular flexibility index (Phi) is 6.65. The van der Waals surface area contributed by atoms with Crippen LogP contribution in [-0.4, -0.2) is 32.3 Å². The van der Waals surface area contributed by atoms with Gasteiger partial charge in [-0.05, 0) is 42.0 Å². The third-order valence-electron chi connectivity index (χ3n) is 3.30. The highest BCUT2D eigenvalue weighted by Gasteiger charge is 2.07. The zero-order chi connectivity index (χ0) is 18.1. The van der Waals surface area contributed by atoms with Gasteiger partial charge in [0.2, 0.25) is 0 Å². The molecule has 0 saturated carbocycles. The summed E-state index contributed by atoms with van der Waals surface area (Å²) in [5.74, 6) is 0.976. The molecule has 0 radical (unpaired) electrons. The predicted octanol–water partition coefficient (Wildman–Crippen LogP) is 2.10. The van der Waals surface area contributed by atoms with Crippen molar-refractivity contribution in [3.63, 3.8) is 0 Å². The maximum absolute atomic E-state index is 11.9. The fourth-order valence-electron chi connectivity index (χ4n) is 2.00. The van der Waals surface area contributed by atoms with Crippen molar-refractivity contribution < 1.29 is 23.8 Å². The van der Waals surface area contributed by atoms with Crippen LogP contribution in [0.4, 0.5) is 4.79 Å². The van der Waals surface area contributed by atoms with Crippen molar-refractivity contribution in [2.75, 3.05) is 20.3 Å². The summed E-state index contributed by atoms with van der Waals surface area (Å²) < 4.78 is 15.7. The van der Waals surface area contributed by atoms with Gasteiger partial charge in [0.15, 0.2) is 0 Å². The standard InChI is InChI=1S/C18H20N2O5/c1-23-15-6-8-16(9-7-15)24-10-11-25-17(21)14-4-2-13(3-5-14)12-20-18(19)22/h2-9H,10-12H2,1H3,(H3,19,20,22). The van der Waals surface area contributed by atoms with Gasteiger partial charge in [0.05, 0.1) is 12.7 Å². The number of nitrogens with two attached hydrogens (primary N) is 1. The average molecular weight is 344 g/mol. The molecule has 0 fully saturated rings. The van der Waals surface area contributed by atoms with E-state index < -0.39 is 12.0 Å². The highest BCUT2D eigenvalue weighted by molar-refractivity contribution is 5.89. The summed E-state index contributed by atoms with van der Waals surface area (Å²) in [6.45, 7) is 0.689. The van der Waals surface area contributed by atoms with Gasteiger partial charge in [0.25, 0.3) is 0 Å². The van der Waals surface area contributed by atoms with Gasteiger partial charge in [-0.1, -0.05) is 12.1 Å². The number of benzene rings is 2. The number of hydrogen-bond acceptors (Lipinski definition) is 5. The van der Waals surface area contributed by atoms with E-state index in [1.807, 2.05) is 0 Å². The fraction of sp³-hybridized carbons (Fsp3) is 0.222. The van der Waals surface area contributed by atoms with Crippen LogP contribution in [0, 0.1) is 0 Å². The second-order valence-electron chi connectivity index (χ2n) is 5.07. The van der Waals surface area contributed by atoms with E-state index in [0.29, 0.717) is 17.9 Å². The Morgan fingerprint density at radius 3 is 2.20 bits per heavy atom. The van der Waals surface area contributed by atoms with Crippen LogP contribution in [0.15, 0.2) is 48.5 Å². The molecule has 3 N–H and O–H groups in total. The van der Waals surface area contributed by atoms with Crippen LogP contribution in [-0.2, 0) is 11.3 Å². The minimum absolute atomic E-state index is 0.135. The molecule has 0 aromatic heterocycles. The first-order valence-corrected chi connectivity index (χ1v) is 7.64.